The van der Waals surface area contributed by atoms with Gasteiger partial charge in [0, 0.05) is 23.6 Å². The first kappa shape index (κ1) is 15.2. The summed E-state index contributed by atoms with van der Waals surface area (Å²) in [7, 11) is 0. The third kappa shape index (κ3) is 1.86. The first-order chi connectivity index (χ1) is 11.5. The van der Waals surface area contributed by atoms with Crippen molar-refractivity contribution in [1.29, 1.82) is 0 Å². The molecule has 4 rings (SSSR count). The summed E-state index contributed by atoms with van der Waals surface area (Å²) >= 11 is 0. The average molecular weight is 322 g/mol. The number of fused-ring (bicyclic) bond motifs is 2. The van der Waals surface area contributed by atoms with E-state index in [2.05, 4.69) is 11.1 Å². The molecule has 1 N–H and O–H groups in total. The summed E-state index contributed by atoms with van der Waals surface area (Å²) in [4.78, 5) is 30.7. The van der Waals surface area contributed by atoms with Crippen molar-refractivity contribution in [2.45, 2.75) is 33.1 Å². The number of carbonyl (C=O) groups excluding carboxylic acids is 2. The Morgan fingerprint density at radius 2 is 1.67 bits per heavy atom. The molecule has 2 amide bonds. The standard InChI is InChI=1S/C20H22N2O2/c1-19-10-5-6-11-20(19,2)18(24)22(17(19)23)12-9-14-13-21-16-8-4-3-7-15(14)16/h3-8,13,21H,9-12H2,1-2H3. The number of aromatic nitrogens is 1. The Morgan fingerprint density at radius 1 is 1.04 bits per heavy atom. The van der Waals surface area contributed by atoms with Gasteiger partial charge in [-0.25, -0.2) is 0 Å². The van der Waals surface area contributed by atoms with Crippen LogP contribution in [0.1, 0.15) is 32.3 Å². The Balaban J connectivity index is 1.59. The van der Waals surface area contributed by atoms with Gasteiger partial charge in [0.15, 0.2) is 0 Å². The van der Waals surface area contributed by atoms with Crippen molar-refractivity contribution in [2.75, 3.05) is 6.54 Å². The lowest BCUT2D eigenvalue weighted by molar-refractivity contribution is -0.141. The molecule has 2 aliphatic rings. The van der Waals surface area contributed by atoms with Gasteiger partial charge in [-0.2, -0.15) is 0 Å². The highest BCUT2D eigenvalue weighted by atomic mass is 16.2. The van der Waals surface area contributed by atoms with Crippen LogP contribution in [0, 0.1) is 10.8 Å². The number of para-hydroxylation sites is 1. The summed E-state index contributed by atoms with van der Waals surface area (Å²) in [6.45, 7) is 4.34. The van der Waals surface area contributed by atoms with Crippen LogP contribution in [0.5, 0.6) is 0 Å². The second-order valence-electron chi connectivity index (χ2n) is 7.42. The smallest absolute Gasteiger partial charge is 0.236 e. The van der Waals surface area contributed by atoms with Gasteiger partial charge in [-0.15, -0.1) is 0 Å². The molecule has 0 spiro atoms. The Morgan fingerprint density at radius 3 is 2.33 bits per heavy atom. The average Bonchev–Trinajstić information content (AvgIpc) is 3.06. The topological polar surface area (TPSA) is 53.2 Å². The van der Waals surface area contributed by atoms with E-state index in [9.17, 15) is 9.59 Å². The molecule has 124 valence electrons. The second kappa shape index (κ2) is 5.07. The van der Waals surface area contributed by atoms with Crippen LogP contribution in [0.25, 0.3) is 10.9 Å². The number of allylic oxidation sites excluding steroid dienone is 2. The van der Waals surface area contributed by atoms with Crippen molar-refractivity contribution in [3.63, 3.8) is 0 Å². The fourth-order valence-electron chi connectivity index (χ4n) is 4.20. The lowest BCUT2D eigenvalue weighted by Gasteiger charge is -2.37. The normalized spacial score (nSPS) is 29.5. The zero-order valence-electron chi connectivity index (χ0n) is 14.1. The van der Waals surface area contributed by atoms with E-state index in [-0.39, 0.29) is 11.8 Å². The van der Waals surface area contributed by atoms with Gasteiger partial charge < -0.3 is 4.98 Å². The Bertz CT molecular complexity index is 833. The molecule has 24 heavy (non-hydrogen) atoms. The minimum Gasteiger partial charge on any atom is -0.361 e. The highest BCUT2D eigenvalue weighted by molar-refractivity contribution is 6.09. The summed E-state index contributed by atoms with van der Waals surface area (Å²) in [5.41, 5.74) is 1.04. The van der Waals surface area contributed by atoms with Gasteiger partial charge in [0.2, 0.25) is 11.8 Å². The molecule has 0 radical (unpaired) electrons. The number of nitrogens with one attached hydrogen (secondary N) is 1. The maximum atomic E-state index is 13.0. The molecule has 1 saturated heterocycles. The van der Waals surface area contributed by atoms with Crippen LogP contribution in [0.3, 0.4) is 0 Å². The molecule has 2 atom stereocenters. The largest absolute Gasteiger partial charge is 0.361 e. The summed E-state index contributed by atoms with van der Waals surface area (Å²) in [6.07, 6.45) is 8.04. The number of carbonyl (C=O) groups is 2. The van der Waals surface area contributed by atoms with E-state index in [1.165, 1.54) is 4.90 Å². The number of nitrogens with zero attached hydrogens (tertiary/aromatic N) is 1. The van der Waals surface area contributed by atoms with Crippen LogP contribution < -0.4 is 0 Å². The van der Waals surface area contributed by atoms with Crippen molar-refractivity contribution in [3.8, 4) is 0 Å². The molecule has 1 aromatic heterocycles. The number of hydrogen-bond acceptors (Lipinski definition) is 2. The Labute approximate surface area is 141 Å². The fourth-order valence-corrected chi connectivity index (χ4v) is 4.20. The number of hydrogen-bond donors (Lipinski definition) is 1. The number of aromatic amines is 1. The molecule has 4 heteroatoms. The number of benzene rings is 1. The maximum Gasteiger partial charge on any atom is 0.236 e. The molecular formula is C20H22N2O2. The van der Waals surface area contributed by atoms with Crippen LogP contribution in [-0.4, -0.2) is 28.2 Å². The molecule has 1 aromatic carbocycles. The first-order valence-corrected chi connectivity index (χ1v) is 8.54. The van der Waals surface area contributed by atoms with Crippen LogP contribution in [-0.2, 0) is 16.0 Å². The number of rotatable bonds is 3. The van der Waals surface area contributed by atoms with Crippen molar-refractivity contribution in [2.24, 2.45) is 10.8 Å². The van der Waals surface area contributed by atoms with Gasteiger partial charge in [-0.05, 0) is 44.7 Å². The van der Waals surface area contributed by atoms with E-state index in [1.54, 1.807) is 0 Å². The lowest BCUT2D eigenvalue weighted by Crippen LogP contribution is -2.41. The maximum absolute atomic E-state index is 13.0. The van der Waals surface area contributed by atoms with Crippen LogP contribution in [0.2, 0.25) is 0 Å². The van der Waals surface area contributed by atoms with Gasteiger partial charge >= 0.3 is 0 Å². The van der Waals surface area contributed by atoms with Gasteiger partial charge in [-0.3, -0.25) is 14.5 Å². The van der Waals surface area contributed by atoms with Crippen LogP contribution >= 0.6 is 0 Å². The van der Waals surface area contributed by atoms with Crippen LogP contribution in [0.15, 0.2) is 42.6 Å². The van der Waals surface area contributed by atoms with Gasteiger partial charge in [0.25, 0.3) is 0 Å². The number of amides is 2. The minimum atomic E-state index is -0.598. The molecule has 0 saturated carbocycles. The molecule has 1 fully saturated rings. The molecular weight excluding hydrogens is 300 g/mol. The summed E-state index contributed by atoms with van der Waals surface area (Å²) in [5, 5.41) is 1.16. The monoisotopic (exact) mass is 322 g/mol. The highest BCUT2D eigenvalue weighted by Crippen LogP contribution is 2.54. The Kier molecular flexibility index (Phi) is 3.21. The van der Waals surface area contributed by atoms with E-state index >= 15 is 0 Å². The molecule has 1 aliphatic heterocycles. The van der Waals surface area contributed by atoms with Crippen molar-refractivity contribution in [3.05, 3.63) is 48.2 Å². The fraction of sp³-hybridized carbons (Fsp3) is 0.400. The third-order valence-corrected chi connectivity index (χ3v) is 6.15. The molecule has 2 aromatic rings. The molecule has 2 heterocycles. The lowest BCUT2D eigenvalue weighted by atomic mass is 9.61. The SMILES string of the molecule is CC12CC=CCC1(C)C(=O)N(CCc1c[nH]c3ccccc13)C2=O. The predicted molar refractivity (Wildman–Crippen MR) is 93.3 cm³/mol. The highest BCUT2D eigenvalue weighted by Gasteiger charge is 2.63. The van der Waals surface area contributed by atoms with E-state index in [4.69, 9.17) is 0 Å². The van der Waals surface area contributed by atoms with Gasteiger partial charge in [0.05, 0.1) is 10.8 Å². The second-order valence-corrected chi connectivity index (χ2v) is 7.42. The molecule has 4 nitrogen and oxygen atoms in total. The molecule has 0 bridgehead atoms. The number of H-pyrrole nitrogens is 1. The molecule has 1 aliphatic carbocycles. The van der Waals surface area contributed by atoms with E-state index < -0.39 is 10.8 Å². The van der Waals surface area contributed by atoms with Crippen molar-refractivity contribution < 1.29 is 9.59 Å². The Hall–Kier alpha value is -2.36. The minimum absolute atomic E-state index is 0.0146. The zero-order valence-corrected chi connectivity index (χ0v) is 14.1. The van der Waals surface area contributed by atoms with Crippen molar-refractivity contribution >= 4 is 22.7 Å². The molecule has 2 unspecified atom stereocenters. The van der Waals surface area contributed by atoms with E-state index in [0.29, 0.717) is 25.8 Å². The summed E-state index contributed by atoms with van der Waals surface area (Å²) < 4.78 is 0. The first-order valence-electron chi connectivity index (χ1n) is 8.54. The zero-order chi connectivity index (χ0) is 16.9. The third-order valence-electron chi connectivity index (χ3n) is 6.15. The van der Waals surface area contributed by atoms with Gasteiger partial charge in [0.1, 0.15) is 0 Å². The van der Waals surface area contributed by atoms with E-state index in [0.717, 1.165) is 16.5 Å². The number of imide groups is 1. The predicted octanol–water partition coefficient (Wildman–Crippen LogP) is 3.44. The van der Waals surface area contributed by atoms with E-state index in [1.807, 2.05) is 50.4 Å². The quantitative estimate of drug-likeness (QED) is 0.695. The number of likely N-dealkylation sites (tertiary alicyclic amines) is 1. The van der Waals surface area contributed by atoms with Crippen LogP contribution in [0.4, 0.5) is 0 Å². The summed E-state index contributed by atoms with van der Waals surface area (Å²) in [6, 6.07) is 8.11. The van der Waals surface area contributed by atoms with Gasteiger partial charge in [-0.1, -0.05) is 30.4 Å². The van der Waals surface area contributed by atoms with Crippen molar-refractivity contribution in [1.82, 2.24) is 9.88 Å². The summed E-state index contributed by atoms with van der Waals surface area (Å²) in [5.74, 6) is -0.0293.